The second-order valence-electron chi connectivity index (χ2n) is 10.3. The van der Waals surface area contributed by atoms with E-state index in [2.05, 4.69) is 5.32 Å². The normalized spacial score (nSPS) is 12.0. The lowest BCUT2D eigenvalue weighted by molar-refractivity contribution is -0.139. The van der Waals surface area contributed by atoms with E-state index in [1.807, 2.05) is 20.8 Å². The van der Waals surface area contributed by atoms with Crippen LogP contribution in [0.5, 0.6) is 11.5 Å². The number of methoxy groups -OCH3 is 2. The Morgan fingerprint density at radius 1 is 0.905 bits per heavy atom. The van der Waals surface area contributed by atoms with Gasteiger partial charge in [0.15, 0.2) is 11.5 Å². The van der Waals surface area contributed by atoms with Crippen LogP contribution in [0.25, 0.3) is 0 Å². The molecule has 1 atom stereocenters. The summed E-state index contributed by atoms with van der Waals surface area (Å²) in [5, 5.41) is 3.40. The van der Waals surface area contributed by atoms with Crippen LogP contribution in [0.1, 0.15) is 31.9 Å². The van der Waals surface area contributed by atoms with Gasteiger partial charge in [0.1, 0.15) is 12.6 Å². The van der Waals surface area contributed by atoms with Gasteiger partial charge in [-0.2, -0.15) is 0 Å². The lowest BCUT2D eigenvalue weighted by Gasteiger charge is -2.32. The minimum Gasteiger partial charge on any atom is -0.493 e. The highest BCUT2D eigenvalue weighted by Gasteiger charge is 2.33. The minimum absolute atomic E-state index is 0.0164. The number of anilines is 1. The Morgan fingerprint density at radius 2 is 1.52 bits per heavy atom. The molecular formula is C31H38ClN3O6S. The van der Waals surface area contributed by atoms with E-state index in [1.165, 1.54) is 37.3 Å². The Morgan fingerprint density at radius 3 is 2.10 bits per heavy atom. The summed E-state index contributed by atoms with van der Waals surface area (Å²) in [6.45, 7) is 7.35. The van der Waals surface area contributed by atoms with E-state index in [-0.39, 0.29) is 29.0 Å². The van der Waals surface area contributed by atoms with Crippen molar-refractivity contribution >= 4 is 39.1 Å². The largest absolute Gasteiger partial charge is 0.493 e. The lowest BCUT2D eigenvalue weighted by atomic mass is 10.1. The highest BCUT2D eigenvalue weighted by atomic mass is 35.5. The zero-order chi connectivity index (χ0) is 31.0. The molecule has 0 aliphatic rings. The molecule has 2 amide bonds. The third-order valence-corrected chi connectivity index (χ3v) is 8.70. The number of benzene rings is 3. The Hall–Kier alpha value is -3.76. The van der Waals surface area contributed by atoms with Crippen LogP contribution in [0.15, 0.2) is 71.6 Å². The standard InChI is InChI=1S/C31H38ClN3O6S/c1-21(2)18-33-31(37)23(4)34(19-24-9-11-25(32)12-10-24)30(36)20-35(26-13-16-28(40-5)29(17-26)41-6)42(38,39)27-14-7-22(3)8-15-27/h7-17,21,23H,18-20H2,1-6H3,(H,33,37)/t23-/m1/s1. The van der Waals surface area contributed by atoms with Crippen molar-refractivity contribution in [2.75, 3.05) is 31.6 Å². The molecule has 0 bridgehead atoms. The van der Waals surface area contributed by atoms with E-state index in [9.17, 15) is 18.0 Å². The molecule has 0 aromatic heterocycles. The summed E-state index contributed by atoms with van der Waals surface area (Å²) < 4.78 is 39.8. The van der Waals surface area contributed by atoms with Crippen molar-refractivity contribution in [2.24, 2.45) is 5.92 Å². The highest BCUT2D eigenvalue weighted by molar-refractivity contribution is 7.92. The van der Waals surface area contributed by atoms with Gasteiger partial charge >= 0.3 is 0 Å². The predicted octanol–water partition coefficient (Wildman–Crippen LogP) is 5.05. The maximum atomic E-state index is 14.0. The summed E-state index contributed by atoms with van der Waals surface area (Å²) in [6.07, 6.45) is 0. The molecule has 3 aromatic carbocycles. The number of hydrogen-bond donors (Lipinski definition) is 1. The fraction of sp³-hybridized carbons (Fsp3) is 0.355. The van der Waals surface area contributed by atoms with Crippen LogP contribution in [0.2, 0.25) is 5.02 Å². The number of amides is 2. The number of sulfonamides is 1. The molecule has 11 heteroatoms. The number of rotatable bonds is 13. The van der Waals surface area contributed by atoms with Gasteiger partial charge in [-0.15, -0.1) is 0 Å². The third kappa shape index (κ3) is 8.17. The van der Waals surface area contributed by atoms with E-state index < -0.39 is 28.5 Å². The third-order valence-electron chi connectivity index (χ3n) is 6.66. The zero-order valence-electron chi connectivity index (χ0n) is 24.8. The molecule has 0 aliphatic carbocycles. The van der Waals surface area contributed by atoms with E-state index in [1.54, 1.807) is 55.5 Å². The average Bonchev–Trinajstić information content (AvgIpc) is 2.97. The van der Waals surface area contributed by atoms with Crippen LogP contribution in [0.3, 0.4) is 0 Å². The topological polar surface area (TPSA) is 105 Å². The Balaban J connectivity index is 2.07. The van der Waals surface area contributed by atoms with Crippen molar-refractivity contribution in [3.63, 3.8) is 0 Å². The van der Waals surface area contributed by atoms with Gasteiger partial charge < -0.3 is 19.7 Å². The van der Waals surface area contributed by atoms with Gasteiger partial charge in [0.2, 0.25) is 11.8 Å². The SMILES string of the molecule is COc1ccc(N(CC(=O)N(Cc2ccc(Cl)cc2)[C@H](C)C(=O)NCC(C)C)S(=O)(=O)c2ccc(C)cc2)cc1OC. The van der Waals surface area contributed by atoms with Crippen molar-refractivity contribution in [3.8, 4) is 11.5 Å². The molecule has 0 heterocycles. The summed E-state index contributed by atoms with van der Waals surface area (Å²) in [5.74, 6) is 0.000492. The van der Waals surface area contributed by atoms with Gasteiger partial charge in [-0.1, -0.05) is 55.3 Å². The van der Waals surface area contributed by atoms with Crippen LogP contribution < -0.4 is 19.1 Å². The van der Waals surface area contributed by atoms with Crippen molar-refractivity contribution in [1.29, 1.82) is 0 Å². The van der Waals surface area contributed by atoms with Gasteiger partial charge in [-0.25, -0.2) is 8.42 Å². The van der Waals surface area contributed by atoms with Gasteiger partial charge in [0.05, 0.1) is 24.8 Å². The molecule has 0 fully saturated rings. The van der Waals surface area contributed by atoms with Crippen LogP contribution in [-0.2, 0) is 26.2 Å². The molecule has 3 rings (SSSR count). The Kier molecular flexibility index (Phi) is 11.2. The van der Waals surface area contributed by atoms with Crippen LogP contribution >= 0.6 is 11.6 Å². The molecule has 3 aromatic rings. The molecule has 0 unspecified atom stereocenters. The summed E-state index contributed by atoms with van der Waals surface area (Å²) in [6, 6.07) is 17.0. The smallest absolute Gasteiger partial charge is 0.264 e. The number of hydrogen-bond acceptors (Lipinski definition) is 6. The first-order chi connectivity index (χ1) is 19.9. The number of carbonyl (C=O) groups excluding carboxylic acids is 2. The fourth-order valence-electron chi connectivity index (χ4n) is 4.17. The van der Waals surface area contributed by atoms with E-state index >= 15 is 0 Å². The summed E-state index contributed by atoms with van der Waals surface area (Å²) in [4.78, 5) is 28.5. The van der Waals surface area contributed by atoms with Gasteiger partial charge in [-0.3, -0.25) is 13.9 Å². The van der Waals surface area contributed by atoms with Gasteiger partial charge in [0.25, 0.3) is 10.0 Å². The maximum Gasteiger partial charge on any atom is 0.264 e. The minimum atomic E-state index is -4.22. The number of ether oxygens (including phenoxy) is 2. The van der Waals surface area contributed by atoms with Crippen molar-refractivity contribution in [3.05, 3.63) is 82.9 Å². The first-order valence-electron chi connectivity index (χ1n) is 13.5. The molecule has 226 valence electrons. The number of aryl methyl sites for hydroxylation is 1. The molecule has 1 N–H and O–H groups in total. The molecule has 0 saturated carbocycles. The van der Waals surface area contributed by atoms with E-state index in [0.717, 1.165) is 15.4 Å². The van der Waals surface area contributed by atoms with E-state index in [4.69, 9.17) is 21.1 Å². The highest BCUT2D eigenvalue weighted by Crippen LogP contribution is 2.34. The summed E-state index contributed by atoms with van der Waals surface area (Å²) in [7, 11) is -1.30. The quantitative estimate of drug-likeness (QED) is 0.289. The number of carbonyl (C=O) groups is 2. The summed E-state index contributed by atoms with van der Waals surface area (Å²) >= 11 is 6.06. The number of nitrogens with zero attached hydrogens (tertiary/aromatic N) is 2. The number of halogens is 1. The van der Waals surface area contributed by atoms with Crippen LogP contribution in [-0.4, -0.2) is 58.5 Å². The Bertz CT molecular complexity index is 1480. The predicted molar refractivity (Wildman–Crippen MR) is 165 cm³/mol. The van der Waals surface area contributed by atoms with Crippen molar-refractivity contribution in [1.82, 2.24) is 10.2 Å². The van der Waals surface area contributed by atoms with Crippen molar-refractivity contribution < 1.29 is 27.5 Å². The van der Waals surface area contributed by atoms with Gasteiger partial charge in [0, 0.05) is 24.2 Å². The Labute approximate surface area is 253 Å². The monoisotopic (exact) mass is 615 g/mol. The lowest BCUT2D eigenvalue weighted by Crippen LogP contribution is -2.51. The fourth-order valence-corrected chi connectivity index (χ4v) is 5.70. The first kappa shape index (κ1) is 32.8. The zero-order valence-corrected chi connectivity index (χ0v) is 26.3. The molecule has 42 heavy (non-hydrogen) atoms. The second kappa shape index (κ2) is 14.4. The molecule has 0 spiro atoms. The summed E-state index contributed by atoms with van der Waals surface area (Å²) in [5.41, 5.74) is 1.82. The van der Waals surface area contributed by atoms with E-state index in [0.29, 0.717) is 23.1 Å². The van der Waals surface area contributed by atoms with Crippen molar-refractivity contribution in [2.45, 2.75) is 45.2 Å². The second-order valence-corrected chi connectivity index (χ2v) is 12.6. The van der Waals surface area contributed by atoms with Crippen LogP contribution in [0, 0.1) is 12.8 Å². The van der Waals surface area contributed by atoms with Gasteiger partial charge in [-0.05, 0) is 61.7 Å². The molecule has 0 radical (unpaired) electrons. The number of nitrogens with one attached hydrogen (secondary N) is 1. The molecule has 9 nitrogen and oxygen atoms in total. The molecular weight excluding hydrogens is 578 g/mol. The van der Waals surface area contributed by atoms with Crippen LogP contribution in [0.4, 0.5) is 5.69 Å². The average molecular weight is 616 g/mol. The molecule has 0 saturated heterocycles. The maximum absolute atomic E-state index is 14.0. The first-order valence-corrected chi connectivity index (χ1v) is 15.3. The molecule has 0 aliphatic heterocycles.